The van der Waals surface area contributed by atoms with E-state index in [-0.39, 0.29) is 23.2 Å². The third-order valence-corrected chi connectivity index (χ3v) is 5.30. The average molecular weight is 475 g/mol. The molecule has 0 bridgehead atoms. The Labute approximate surface area is 199 Å². The lowest BCUT2D eigenvalue weighted by atomic mass is 10.0. The number of hydrogen-bond acceptors (Lipinski definition) is 8. The van der Waals surface area contributed by atoms with Crippen molar-refractivity contribution < 1.29 is 37.8 Å². The van der Waals surface area contributed by atoms with Gasteiger partial charge in [-0.25, -0.2) is 9.59 Å². The van der Waals surface area contributed by atoms with Gasteiger partial charge >= 0.3 is 17.9 Å². The molecule has 1 aromatic heterocycles. The summed E-state index contributed by atoms with van der Waals surface area (Å²) < 4.78 is 20.1. The number of carbonyl (C=O) groups is 4. The van der Waals surface area contributed by atoms with Crippen LogP contribution in [0.3, 0.4) is 0 Å². The average Bonchev–Trinajstić information content (AvgIpc) is 3.29. The van der Waals surface area contributed by atoms with E-state index >= 15 is 0 Å². The van der Waals surface area contributed by atoms with Crippen molar-refractivity contribution in [1.82, 2.24) is 0 Å². The molecule has 0 aliphatic rings. The fourth-order valence-corrected chi connectivity index (χ4v) is 3.73. The van der Waals surface area contributed by atoms with Gasteiger partial charge in [0.05, 0.1) is 38.0 Å². The number of methoxy groups -OCH3 is 2. The summed E-state index contributed by atoms with van der Waals surface area (Å²) in [4.78, 5) is 48.6. The van der Waals surface area contributed by atoms with E-state index in [2.05, 4.69) is 14.8 Å². The lowest BCUT2D eigenvalue weighted by Crippen LogP contribution is -2.22. The topological polar surface area (TPSA) is 121 Å². The summed E-state index contributed by atoms with van der Waals surface area (Å²) in [5, 5.41) is 5.28. The van der Waals surface area contributed by atoms with Gasteiger partial charge in [-0.05, 0) is 35.0 Å². The minimum Gasteiger partial charge on any atom is -0.465 e. The second kappa shape index (κ2) is 10.1. The molecule has 9 heteroatoms. The van der Waals surface area contributed by atoms with Crippen molar-refractivity contribution in [3.8, 4) is 0 Å². The summed E-state index contributed by atoms with van der Waals surface area (Å²) in [5.41, 5.74) is 1.53. The number of anilines is 1. The quantitative estimate of drug-likeness (QED) is 0.316. The van der Waals surface area contributed by atoms with Gasteiger partial charge in [0.15, 0.2) is 6.61 Å². The van der Waals surface area contributed by atoms with Gasteiger partial charge < -0.3 is 23.9 Å². The molecule has 0 spiro atoms. The first kappa shape index (κ1) is 23.5. The predicted molar refractivity (Wildman–Crippen MR) is 126 cm³/mol. The van der Waals surface area contributed by atoms with Crippen molar-refractivity contribution in [3.63, 3.8) is 0 Å². The zero-order chi connectivity index (χ0) is 24.9. The van der Waals surface area contributed by atoms with Crippen molar-refractivity contribution in [2.45, 2.75) is 6.42 Å². The summed E-state index contributed by atoms with van der Waals surface area (Å²) in [6.07, 6.45) is 1.42. The predicted octanol–water partition coefficient (Wildman–Crippen LogP) is 3.88. The molecule has 3 aromatic carbocycles. The number of amides is 1. The van der Waals surface area contributed by atoms with Gasteiger partial charge in [0.25, 0.3) is 5.91 Å². The van der Waals surface area contributed by atoms with Gasteiger partial charge in [0.1, 0.15) is 5.58 Å². The number of rotatable bonds is 7. The van der Waals surface area contributed by atoms with Crippen LogP contribution >= 0.6 is 0 Å². The molecule has 1 amide bonds. The van der Waals surface area contributed by atoms with Gasteiger partial charge in [0.2, 0.25) is 0 Å². The minimum atomic E-state index is -0.697. The van der Waals surface area contributed by atoms with Crippen LogP contribution in [0.25, 0.3) is 21.7 Å². The van der Waals surface area contributed by atoms with Crippen molar-refractivity contribution in [2.75, 3.05) is 26.1 Å². The lowest BCUT2D eigenvalue weighted by molar-refractivity contribution is -0.146. The molecule has 4 rings (SSSR count). The molecule has 4 aromatic rings. The Morgan fingerprint density at radius 1 is 0.886 bits per heavy atom. The number of ether oxygens (including phenoxy) is 3. The molecule has 1 N–H and O–H groups in total. The first-order valence-electron chi connectivity index (χ1n) is 10.5. The Bertz CT molecular complexity index is 1420. The molecule has 0 saturated heterocycles. The number of hydrogen-bond donors (Lipinski definition) is 1. The Morgan fingerprint density at radius 2 is 1.57 bits per heavy atom. The third kappa shape index (κ3) is 5.14. The molecule has 0 aliphatic heterocycles. The summed E-state index contributed by atoms with van der Waals surface area (Å²) >= 11 is 0. The van der Waals surface area contributed by atoms with Gasteiger partial charge in [-0.1, -0.05) is 30.3 Å². The Morgan fingerprint density at radius 3 is 2.26 bits per heavy atom. The fraction of sp³-hybridized carbons (Fsp3) is 0.154. The molecule has 0 atom stereocenters. The minimum absolute atomic E-state index is 0.0433. The van der Waals surface area contributed by atoms with Crippen LogP contribution in [0.4, 0.5) is 5.69 Å². The Balaban J connectivity index is 1.43. The largest absolute Gasteiger partial charge is 0.465 e. The van der Waals surface area contributed by atoms with Gasteiger partial charge in [-0.2, -0.15) is 0 Å². The highest BCUT2D eigenvalue weighted by Gasteiger charge is 2.17. The van der Waals surface area contributed by atoms with E-state index in [4.69, 9.17) is 9.15 Å². The van der Waals surface area contributed by atoms with Crippen LogP contribution in [-0.2, 0) is 30.2 Å². The molecule has 0 unspecified atom stereocenters. The number of esters is 3. The summed E-state index contributed by atoms with van der Waals surface area (Å²) in [6.45, 7) is -0.564. The molecule has 35 heavy (non-hydrogen) atoms. The zero-order valence-electron chi connectivity index (χ0n) is 19.0. The normalized spacial score (nSPS) is 10.7. The van der Waals surface area contributed by atoms with Crippen molar-refractivity contribution in [1.29, 1.82) is 0 Å². The number of nitrogens with one attached hydrogen (secondary N) is 1. The second-order valence-electron chi connectivity index (χ2n) is 7.59. The molecule has 178 valence electrons. The number of fused-ring (bicyclic) bond motifs is 3. The van der Waals surface area contributed by atoms with Crippen LogP contribution in [-0.4, -0.2) is 44.6 Å². The third-order valence-electron chi connectivity index (χ3n) is 5.30. The number of benzene rings is 3. The monoisotopic (exact) mass is 475 g/mol. The molecular formula is C26H21NO8. The first-order chi connectivity index (χ1) is 16.9. The molecular weight excluding hydrogens is 454 g/mol. The SMILES string of the molecule is COC(=O)c1cc(NC(=O)COC(=O)Cc2coc3ccc4ccccc4c23)cc(C(=O)OC)c1. The van der Waals surface area contributed by atoms with Crippen LogP contribution in [0.5, 0.6) is 0 Å². The highest BCUT2D eigenvalue weighted by Crippen LogP contribution is 2.30. The lowest BCUT2D eigenvalue weighted by Gasteiger charge is -2.10. The summed E-state index contributed by atoms with van der Waals surface area (Å²) in [6, 6.07) is 15.5. The standard InChI is InChI=1S/C26H21NO8/c1-32-25(30)16-9-17(26(31)33-2)11-19(10-16)27-22(28)14-35-23(29)12-18-13-34-21-8-7-15-5-3-4-6-20(15)24(18)21/h3-11,13H,12,14H2,1-2H3,(H,27,28). The molecule has 9 nitrogen and oxygen atoms in total. The molecule has 0 aliphatic carbocycles. The van der Waals surface area contributed by atoms with Gasteiger partial charge in [-0.15, -0.1) is 0 Å². The highest BCUT2D eigenvalue weighted by atomic mass is 16.5. The van der Waals surface area contributed by atoms with Crippen molar-refractivity contribution in [2.24, 2.45) is 0 Å². The van der Waals surface area contributed by atoms with E-state index in [9.17, 15) is 19.2 Å². The van der Waals surface area contributed by atoms with Crippen molar-refractivity contribution in [3.05, 3.63) is 77.6 Å². The molecule has 0 saturated carbocycles. The maximum absolute atomic E-state index is 12.4. The Kier molecular flexibility index (Phi) is 6.77. The Hall–Kier alpha value is -4.66. The number of carbonyl (C=O) groups excluding carboxylic acids is 4. The molecule has 0 fully saturated rings. The van der Waals surface area contributed by atoms with Crippen LogP contribution in [0.2, 0.25) is 0 Å². The molecule has 1 heterocycles. The van der Waals surface area contributed by atoms with E-state index in [1.807, 2.05) is 36.4 Å². The zero-order valence-corrected chi connectivity index (χ0v) is 19.0. The van der Waals surface area contributed by atoms with E-state index < -0.39 is 30.4 Å². The maximum Gasteiger partial charge on any atom is 0.337 e. The summed E-state index contributed by atoms with van der Waals surface area (Å²) in [5.74, 6) is -2.66. The van der Waals surface area contributed by atoms with E-state index in [1.165, 1.54) is 38.7 Å². The van der Waals surface area contributed by atoms with Crippen LogP contribution < -0.4 is 5.32 Å². The van der Waals surface area contributed by atoms with Gasteiger partial charge in [-0.3, -0.25) is 9.59 Å². The van der Waals surface area contributed by atoms with E-state index in [0.717, 1.165) is 16.2 Å². The van der Waals surface area contributed by atoms with Crippen LogP contribution in [0, 0.1) is 0 Å². The highest BCUT2D eigenvalue weighted by molar-refractivity contribution is 6.08. The molecule has 0 radical (unpaired) electrons. The van der Waals surface area contributed by atoms with E-state index in [0.29, 0.717) is 11.1 Å². The fourth-order valence-electron chi connectivity index (χ4n) is 3.73. The van der Waals surface area contributed by atoms with Crippen LogP contribution in [0.15, 0.2) is 65.3 Å². The smallest absolute Gasteiger partial charge is 0.337 e. The second-order valence-corrected chi connectivity index (χ2v) is 7.59. The van der Waals surface area contributed by atoms with Gasteiger partial charge in [0, 0.05) is 16.6 Å². The van der Waals surface area contributed by atoms with E-state index in [1.54, 1.807) is 0 Å². The van der Waals surface area contributed by atoms with Crippen LogP contribution in [0.1, 0.15) is 26.3 Å². The summed E-state index contributed by atoms with van der Waals surface area (Å²) in [7, 11) is 2.38. The van der Waals surface area contributed by atoms with Crippen molar-refractivity contribution >= 4 is 51.2 Å². The number of furan rings is 1. The maximum atomic E-state index is 12.4. The first-order valence-corrected chi connectivity index (χ1v) is 10.5.